The van der Waals surface area contributed by atoms with Gasteiger partial charge in [-0.25, -0.2) is 0 Å². The minimum Gasteiger partial charge on any atom is -0.464 e. The lowest BCUT2D eigenvalue weighted by molar-refractivity contribution is -0.143. The van der Waals surface area contributed by atoms with Gasteiger partial charge < -0.3 is 28.4 Å². The van der Waals surface area contributed by atoms with Gasteiger partial charge in [0.15, 0.2) is 11.5 Å². The van der Waals surface area contributed by atoms with Gasteiger partial charge in [-0.15, -0.1) is 0 Å². The van der Waals surface area contributed by atoms with Crippen molar-refractivity contribution in [1.82, 2.24) is 9.80 Å². The number of furan rings is 1. The topological polar surface area (TPSA) is 81.5 Å². The number of carbonyl (C=O) groups excluding carboxylic acids is 2. The zero-order chi connectivity index (χ0) is 24.1. The van der Waals surface area contributed by atoms with Crippen LogP contribution in [0.1, 0.15) is 50.2 Å². The Kier molecular flexibility index (Phi) is 7.77. The molecule has 1 fully saturated rings. The van der Waals surface area contributed by atoms with Crippen molar-refractivity contribution in [3.05, 3.63) is 47.4 Å². The molecule has 2 amide bonds. The lowest BCUT2D eigenvalue weighted by atomic mass is 10.1. The Bertz CT molecular complexity index is 995. The fourth-order valence-electron chi connectivity index (χ4n) is 4.28. The summed E-state index contributed by atoms with van der Waals surface area (Å²) in [4.78, 5) is 29.9. The summed E-state index contributed by atoms with van der Waals surface area (Å²) in [5, 5.41) is 0. The molecule has 4 rings (SSSR count). The van der Waals surface area contributed by atoms with Gasteiger partial charge in [-0.3, -0.25) is 9.59 Å². The maximum atomic E-state index is 13.6. The monoisotopic (exact) mass is 470 g/mol. The summed E-state index contributed by atoms with van der Waals surface area (Å²) in [7, 11) is 0. The van der Waals surface area contributed by atoms with E-state index in [1.54, 1.807) is 9.80 Å². The summed E-state index contributed by atoms with van der Waals surface area (Å²) in [6, 6.07) is 9.43. The van der Waals surface area contributed by atoms with Crippen molar-refractivity contribution in [1.29, 1.82) is 0 Å². The molecule has 184 valence electrons. The minimum atomic E-state index is -0.137. The van der Waals surface area contributed by atoms with Gasteiger partial charge in [0.05, 0.1) is 19.2 Å². The molecule has 0 bridgehead atoms. The molecule has 1 unspecified atom stereocenters. The lowest BCUT2D eigenvalue weighted by Gasteiger charge is -2.29. The number of carbonyl (C=O) groups is 2. The molecular weight excluding hydrogens is 436 g/mol. The third-order valence-corrected chi connectivity index (χ3v) is 6.02. The van der Waals surface area contributed by atoms with Gasteiger partial charge in [0.2, 0.25) is 18.6 Å². The van der Waals surface area contributed by atoms with Crippen LogP contribution in [-0.4, -0.2) is 54.2 Å². The molecular formula is C26H34N2O6. The normalized spacial score (nSPS) is 16.8. The van der Waals surface area contributed by atoms with Gasteiger partial charge >= 0.3 is 0 Å². The van der Waals surface area contributed by atoms with Crippen LogP contribution in [0, 0.1) is 12.8 Å². The Morgan fingerprint density at radius 3 is 2.56 bits per heavy atom. The summed E-state index contributed by atoms with van der Waals surface area (Å²) < 4.78 is 22.4. The molecule has 0 N–H and O–H groups in total. The molecule has 8 heteroatoms. The number of ether oxygens (including phenoxy) is 3. The van der Waals surface area contributed by atoms with Crippen LogP contribution in [0.2, 0.25) is 0 Å². The van der Waals surface area contributed by atoms with E-state index in [4.69, 9.17) is 18.6 Å². The predicted octanol–water partition coefficient (Wildman–Crippen LogP) is 3.90. The van der Waals surface area contributed by atoms with Crippen LogP contribution in [0.4, 0.5) is 0 Å². The van der Waals surface area contributed by atoms with Gasteiger partial charge in [0.25, 0.3) is 0 Å². The van der Waals surface area contributed by atoms with Crippen LogP contribution in [0.5, 0.6) is 11.5 Å². The highest BCUT2D eigenvalue weighted by Gasteiger charge is 2.27. The van der Waals surface area contributed by atoms with E-state index in [-0.39, 0.29) is 37.2 Å². The number of hydrogen-bond acceptors (Lipinski definition) is 6. The maximum absolute atomic E-state index is 13.6. The zero-order valence-electron chi connectivity index (χ0n) is 20.2. The van der Waals surface area contributed by atoms with Crippen molar-refractivity contribution in [2.45, 2.75) is 59.2 Å². The predicted molar refractivity (Wildman–Crippen MR) is 125 cm³/mol. The molecule has 2 aromatic rings. The van der Waals surface area contributed by atoms with Gasteiger partial charge in [-0.1, -0.05) is 19.9 Å². The van der Waals surface area contributed by atoms with Crippen LogP contribution < -0.4 is 9.47 Å². The average molecular weight is 471 g/mol. The van der Waals surface area contributed by atoms with Crippen molar-refractivity contribution in [3.8, 4) is 11.5 Å². The second kappa shape index (κ2) is 11.0. The van der Waals surface area contributed by atoms with Crippen molar-refractivity contribution in [2.24, 2.45) is 5.92 Å². The number of amides is 2. The van der Waals surface area contributed by atoms with Gasteiger partial charge in [0, 0.05) is 26.1 Å². The van der Waals surface area contributed by atoms with Gasteiger partial charge in [-0.05, 0) is 55.5 Å². The Hall–Kier alpha value is -3.00. The van der Waals surface area contributed by atoms with Gasteiger partial charge in [0.1, 0.15) is 11.5 Å². The lowest BCUT2D eigenvalue weighted by Crippen LogP contribution is -2.45. The van der Waals surface area contributed by atoms with Gasteiger partial charge in [-0.2, -0.15) is 0 Å². The molecule has 1 aromatic heterocycles. The van der Waals surface area contributed by atoms with E-state index in [1.807, 2.05) is 51.1 Å². The van der Waals surface area contributed by atoms with Crippen molar-refractivity contribution < 1.29 is 28.2 Å². The first-order valence-corrected chi connectivity index (χ1v) is 12.0. The molecule has 1 atom stereocenters. The molecule has 0 saturated carbocycles. The first-order valence-electron chi connectivity index (χ1n) is 12.0. The number of nitrogens with zero attached hydrogens (tertiary/aromatic N) is 2. The summed E-state index contributed by atoms with van der Waals surface area (Å²) >= 11 is 0. The fraction of sp³-hybridized carbons (Fsp3) is 0.538. The van der Waals surface area contributed by atoms with Crippen LogP contribution in [-0.2, 0) is 27.4 Å². The minimum absolute atomic E-state index is 0.00958. The standard InChI is InChI=1S/C26H34N2O6/c1-18(2)11-25(29)28(14-21-5-4-10-31-21)16-26(30)27(15-22-8-6-19(3)34-22)13-20-7-9-23-24(12-20)33-17-32-23/h6-9,12,18,21H,4-5,10-11,13-17H2,1-3H3. The Morgan fingerprint density at radius 2 is 1.85 bits per heavy atom. The number of rotatable bonds is 10. The van der Waals surface area contributed by atoms with E-state index in [0.717, 1.165) is 24.2 Å². The van der Waals surface area contributed by atoms with Crippen LogP contribution in [0.3, 0.4) is 0 Å². The van der Waals surface area contributed by atoms with E-state index < -0.39 is 0 Å². The van der Waals surface area contributed by atoms with Crippen LogP contribution in [0.25, 0.3) is 0 Å². The number of benzene rings is 1. The highest BCUT2D eigenvalue weighted by Crippen LogP contribution is 2.33. The molecule has 3 heterocycles. The largest absolute Gasteiger partial charge is 0.464 e. The summed E-state index contributed by atoms with van der Waals surface area (Å²) in [5.74, 6) is 2.92. The van der Waals surface area contributed by atoms with E-state index in [9.17, 15) is 9.59 Å². The molecule has 8 nitrogen and oxygen atoms in total. The molecule has 2 aliphatic heterocycles. The van der Waals surface area contributed by atoms with Crippen molar-refractivity contribution in [2.75, 3.05) is 26.5 Å². The molecule has 0 spiro atoms. The molecule has 34 heavy (non-hydrogen) atoms. The average Bonchev–Trinajstić information content (AvgIpc) is 3.54. The van der Waals surface area contributed by atoms with E-state index in [0.29, 0.717) is 49.9 Å². The molecule has 0 aliphatic carbocycles. The first-order chi connectivity index (χ1) is 16.4. The highest BCUT2D eigenvalue weighted by atomic mass is 16.7. The fourth-order valence-corrected chi connectivity index (χ4v) is 4.28. The smallest absolute Gasteiger partial charge is 0.242 e. The second-order valence-corrected chi connectivity index (χ2v) is 9.46. The third kappa shape index (κ3) is 6.32. The molecule has 0 radical (unpaired) electrons. The second-order valence-electron chi connectivity index (χ2n) is 9.46. The molecule has 1 aromatic carbocycles. The third-order valence-electron chi connectivity index (χ3n) is 6.02. The maximum Gasteiger partial charge on any atom is 0.242 e. The van der Waals surface area contributed by atoms with Crippen molar-refractivity contribution >= 4 is 11.8 Å². The van der Waals surface area contributed by atoms with Crippen LogP contribution >= 0.6 is 0 Å². The first kappa shape index (κ1) is 24.1. The number of hydrogen-bond donors (Lipinski definition) is 0. The van der Waals surface area contributed by atoms with E-state index >= 15 is 0 Å². The Balaban J connectivity index is 1.51. The highest BCUT2D eigenvalue weighted by molar-refractivity contribution is 5.85. The Morgan fingerprint density at radius 1 is 1.03 bits per heavy atom. The Labute approximate surface area is 200 Å². The van der Waals surface area contributed by atoms with Crippen LogP contribution in [0.15, 0.2) is 34.7 Å². The number of fused-ring (bicyclic) bond motifs is 1. The van der Waals surface area contributed by atoms with E-state index in [2.05, 4.69) is 0 Å². The zero-order valence-corrected chi connectivity index (χ0v) is 20.2. The SMILES string of the molecule is Cc1ccc(CN(Cc2ccc3c(c2)OCO3)C(=O)CN(CC2CCCO2)C(=O)CC(C)C)o1. The quantitative estimate of drug-likeness (QED) is 0.524. The molecule has 1 saturated heterocycles. The summed E-state index contributed by atoms with van der Waals surface area (Å²) in [6.45, 7) is 7.92. The summed E-state index contributed by atoms with van der Waals surface area (Å²) in [6.07, 6.45) is 2.28. The van der Waals surface area contributed by atoms with E-state index in [1.165, 1.54) is 0 Å². The summed E-state index contributed by atoms with van der Waals surface area (Å²) in [5.41, 5.74) is 0.917. The molecule has 2 aliphatic rings. The van der Waals surface area contributed by atoms with Crippen molar-refractivity contribution in [3.63, 3.8) is 0 Å². The number of aryl methyl sites for hydroxylation is 1.